The summed E-state index contributed by atoms with van der Waals surface area (Å²) in [6.07, 6.45) is -0.325. The van der Waals surface area contributed by atoms with Crippen LogP contribution in [0.15, 0.2) is 24.3 Å². The number of amides is 3. The van der Waals surface area contributed by atoms with Gasteiger partial charge < -0.3 is 20.7 Å². The zero-order valence-electron chi connectivity index (χ0n) is 16.9. The number of hydrogen-bond donors (Lipinski definition) is 3. The zero-order chi connectivity index (χ0) is 21.3. The number of alkyl carbamates (subject to hydrolysis) is 1. The van der Waals surface area contributed by atoms with Gasteiger partial charge in [-0.2, -0.15) is 5.26 Å². The number of nitriles is 1. The quantitative estimate of drug-likeness (QED) is 0.632. The van der Waals surface area contributed by atoms with Gasteiger partial charge in [0.15, 0.2) is 0 Å². The van der Waals surface area contributed by atoms with Crippen molar-refractivity contribution in [1.29, 1.82) is 5.26 Å². The minimum absolute atomic E-state index is 0.145. The van der Waals surface area contributed by atoms with Crippen molar-refractivity contribution in [2.45, 2.75) is 59.2 Å². The molecule has 0 saturated carbocycles. The molecule has 0 bridgehead atoms. The summed E-state index contributed by atoms with van der Waals surface area (Å²) in [5.41, 5.74) is 0.998. The second-order valence-electron chi connectivity index (χ2n) is 6.87. The summed E-state index contributed by atoms with van der Waals surface area (Å²) in [6.45, 7) is 8.72. The average molecular weight is 388 g/mol. The van der Waals surface area contributed by atoms with Crippen LogP contribution in [0.1, 0.15) is 46.6 Å². The molecule has 1 aromatic rings. The maximum atomic E-state index is 12.6. The number of anilines is 1. The summed E-state index contributed by atoms with van der Waals surface area (Å²) in [5.74, 6) is -1.02. The standard InChI is InChI=1S/C20H28N4O4/c1-6-13(4)17(24-20(27)28-12(2)3)19(26)22-14(5)18(25)23-16-9-7-15(11-21)8-10-16/h7-10,12-14,17H,6H2,1-5H3,(H,22,26)(H,23,25)(H,24,27)/t13-,14+,17-/m0/s1. The van der Waals surface area contributed by atoms with Gasteiger partial charge in [-0.05, 0) is 51.0 Å². The van der Waals surface area contributed by atoms with Crippen LogP contribution in [0.2, 0.25) is 0 Å². The van der Waals surface area contributed by atoms with Crippen LogP contribution in [0.4, 0.5) is 10.5 Å². The molecule has 3 amide bonds. The minimum Gasteiger partial charge on any atom is -0.447 e. The van der Waals surface area contributed by atoms with Crippen LogP contribution in [0.5, 0.6) is 0 Å². The molecule has 0 spiro atoms. The average Bonchev–Trinajstić information content (AvgIpc) is 2.65. The fourth-order valence-electron chi connectivity index (χ4n) is 2.32. The normalized spacial score (nSPS) is 13.6. The van der Waals surface area contributed by atoms with Crippen molar-refractivity contribution in [3.63, 3.8) is 0 Å². The lowest BCUT2D eigenvalue weighted by atomic mass is 9.98. The van der Waals surface area contributed by atoms with Crippen LogP contribution in [0, 0.1) is 17.2 Å². The summed E-state index contributed by atoms with van der Waals surface area (Å²) in [6, 6.07) is 6.74. The van der Waals surface area contributed by atoms with E-state index in [4.69, 9.17) is 10.00 Å². The minimum atomic E-state index is -0.822. The molecule has 1 aromatic carbocycles. The van der Waals surface area contributed by atoms with E-state index < -0.39 is 30.0 Å². The summed E-state index contributed by atoms with van der Waals surface area (Å²) in [4.78, 5) is 36.8. The smallest absolute Gasteiger partial charge is 0.408 e. The van der Waals surface area contributed by atoms with E-state index in [-0.39, 0.29) is 12.0 Å². The number of carbonyl (C=O) groups is 3. The number of rotatable bonds is 8. The summed E-state index contributed by atoms with van der Waals surface area (Å²) in [7, 11) is 0. The second kappa shape index (κ2) is 10.9. The van der Waals surface area contributed by atoms with Crippen molar-refractivity contribution < 1.29 is 19.1 Å². The Balaban J connectivity index is 2.72. The third-order valence-electron chi connectivity index (χ3n) is 4.15. The van der Waals surface area contributed by atoms with Gasteiger partial charge in [-0.25, -0.2) is 4.79 Å². The zero-order valence-corrected chi connectivity index (χ0v) is 16.9. The van der Waals surface area contributed by atoms with E-state index in [9.17, 15) is 14.4 Å². The Morgan fingerprint density at radius 1 is 1.04 bits per heavy atom. The number of nitrogens with zero attached hydrogens (tertiary/aromatic N) is 1. The Hall–Kier alpha value is -3.08. The van der Waals surface area contributed by atoms with Crippen molar-refractivity contribution in [2.24, 2.45) is 5.92 Å². The first-order valence-corrected chi connectivity index (χ1v) is 9.26. The van der Waals surface area contributed by atoms with Crippen LogP contribution < -0.4 is 16.0 Å². The van der Waals surface area contributed by atoms with E-state index in [1.807, 2.05) is 19.9 Å². The topological polar surface area (TPSA) is 120 Å². The third kappa shape index (κ3) is 7.27. The molecule has 0 unspecified atom stereocenters. The van der Waals surface area contributed by atoms with E-state index in [0.29, 0.717) is 17.7 Å². The van der Waals surface area contributed by atoms with Crippen molar-refractivity contribution in [3.8, 4) is 6.07 Å². The molecule has 8 nitrogen and oxygen atoms in total. The predicted molar refractivity (Wildman–Crippen MR) is 105 cm³/mol. The van der Waals surface area contributed by atoms with Crippen LogP contribution >= 0.6 is 0 Å². The van der Waals surface area contributed by atoms with Crippen LogP contribution in [-0.4, -0.2) is 36.1 Å². The van der Waals surface area contributed by atoms with Gasteiger partial charge in [0.05, 0.1) is 17.7 Å². The molecule has 0 aliphatic heterocycles. The Labute approximate surface area is 165 Å². The first-order chi connectivity index (χ1) is 13.2. The molecule has 3 atom stereocenters. The van der Waals surface area contributed by atoms with Crippen LogP contribution in [-0.2, 0) is 14.3 Å². The van der Waals surface area contributed by atoms with Gasteiger partial charge in [0, 0.05) is 5.69 Å². The van der Waals surface area contributed by atoms with Crippen molar-refractivity contribution in [3.05, 3.63) is 29.8 Å². The number of ether oxygens (including phenoxy) is 1. The molecular weight excluding hydrogens is 360 g/mol. The van der Waals surface area contributed by atoms with Gasteiger partial charge in [0.2, 0.25) is 11.8 Å². The fraction of sp³-hybridized carbons (Fsp3) is 0.500. The van der Waals surface area contributed by atoms with E-state index in [1.54, 1.807) is 45.0 Å². The van der Waals surface area contributed by atoms with Gasteiger partial charge in [-0.15, -0.1) is 0 Å². The molecule has 152 valence electrons. The fourth-order valence-corrected chi connectivity index (χ4v) is 2.32. The molecule has 0 heterocycles. The summed E-state index contributed by atoms with van der Waals surface area (Å²) < 4.78 is 5.04. The highest BCUT2D eigenvalue weighted by molar-refractivity contribution is 5.98. The molecule has 1 rings (SSSR count). The predicted octanol–water partition coefficient (Wildman–Crippen LogP) is 2.55. The van der Waals surface area contributed by atoms with Crippen LogP contribution in [0.25, 0.3) is 0 Å². The van der Waals surface area contributed by atoms with E-state index in [0.717, 1.165) is 0 Å². The van der Waals surface area contributed by atoms with E-state index >= 15 is 0 Å². The molecule has 28 heavy (non-hydrogen) atoms. The summed E-state index contributed by atoms with van der Waals surface area (Å²) >= 11 is 0. The van der Waals surface area contributed by atoms with E-state index in [1.165, 1.54) is 0 Å². The second-order valence-corrected chi connectivity index (χ2v) is 6.87. The highest BCUT2D eigenvalue weighted by Gasteiger charge is 2.29. The van der Waals surface area contributed by atoms with Gasteiger partial charge in [0.1, 0.15) is 12.1 Å². The molecule has 3 N–H and O–H groups in total. The van der Waals surface area contributed by atoms with Crippen molar-refractivity contribution in [2.75, 3.05) is 5.32 Å². The number of hydrogen-bond acceptors (Lipinski definition) is 5. The number of nitrogens with one attached hydrogen (secondary N) is 3. The molecule has 0 radical (unpaired) electrons. The maximum absolute atomic E-state index is 12.6. The molecule has 0 aliphatic carbocycles. The van der Waals surface area contributed by atoms with E-state index in [2.05, 4.69) is 16.0 Å². The summed E-state index contributed by atoms with van der Waals surface area (Å²) in [5, 5.41) is 16.7. The largest absolute Gasteiger partial charge is 0.447 e. The highest BCUT2D eigenvalue weighted by atomic mass is 16.6. The Bertz CT molecular complexity index is 725. The molecular formula is C20H28N4O4. The van der Waals surface area contributed by atoms with Crippen molar-refractivity contribution in [1.82, 2.24) is 10.6 Å². The Morgan fingerprint density at radius 3 is 2.14 bits per heavy atom. The maximum Gasteiger partial charge on any atom is 0.408 e. The third-order valence-corrected chi connectivity index (χ3v) is 4.15. The van der Waals surface area contributed by atoms with Crippen molar-refractivity contribution >= 4 is 23.6 Å². The highest BCUT2D eigenvalue weighted by Crippen LogP contribution is 2.11. The first kappa shape index (κ1) is 23.0. The SMILES string of the molecule is CC[C@H](C)[C@H](NC(=O)OC(C)C)C(=O)N[C@H](C)C(=O)Nc1ccc(C#N)cc1. The van der Waals surface area contributed by atoms with Gasteiger partial charge >= 0.3 is 6.09 Å². The lowest BCUT2D eigenvalue weighted by molar-refractivity contribution is -0.128. The lowest BCUT2D eigenvalue weighted by Gasteiger charge is -2.25. The van der Waals surface area contributed by atoms with Gasteiger partial charge in [0.25, 0.3) is 0 Å². The Kier molecular flexibility index (Phi) is 8.96. The lowest BCUT2D eigenvalue weighted by Crippen LogP contribution is -2.54. The first-order valence-electron chi connectivity index (χ1n) is 9.26. The van der Waals surface area contributed by atoms with Crippen LogP contribution in [0.3, 0.4) is 0 Å². The molecule has 0 fully saturated rings. The molecule has 8 heteroatoms. The van der Waals surface area contributed by atoms with Gasteiger partial charge in [-0.3, -0.25) is 9.59 Å². The number of benzene rings is 1. The number of carbonyl (C=O) groups excluding carboxylic acids is 3. The van der Waals surface area contributed by atoms with Gasteiger partial charge in [-0.1, -0.05) is 20.3 Å². The Morgan fingerprint density at radius 2 is 1.64 bits per heavy atom. The molecule has 0 aromatic heterocycles. The monoisotopic (exact) mass is 388 g/mol. The molecule has 0 aliphatic rings. The molecule has 0 saturated heterocycles.